The van der Waals surface area contributed by atoms with Crippen molar-refractivity contribution in [2.45, 2.75) is 13.3 Å². The van der Waals surface area contributed by atoms with Crippen LogP contribution in [0.4, 0.5) is 0 Å². The second-order valence-corrected chi connectivity index (χ2v) is 5.45. The van der Waals surface area contributed by atoms with Crippen LogP contribution in [0.2, 0.25) is 0 Å². The maximum absolute atomic E-state index is 12.1. The fourth-order valence-electron chi connectivity index (χ4n) is 2.44. The third-order valence-corrected chi connectivity index (χ3v) is 3.62. The molecule has 0 unspecified atom stereocenters. The highest BCUT2D eigenvalue weighted by Gasteiger charge is 2.06. The van der Waals surface area contributed by atoms with Crippen LogP contribution in [0.3, 0.4) is 0 Å². The van der Waals surface area contributed by atoms with E-state index >= 15 is 0 Å². The van der Waals surface area contributed by atoms with Gasteiger partial charge in [-0.25, -0.2) is 5.43 Å². The minimum absolute atomic E-state index is 0.142. The third-order valence-electron chi connectivity index (χ3n) is 3.62. The van der Waals surface area contributed by atoms with Gasteiger partial charge in [0, 0.05) is 0 Å². The predicted molar refractivity (Wildman–Crippen MR) is 96.6 cm³/mol. The lowest BCUT2D eigenvalue weighted by atomic mass is 10.0. The summed E-state index contributed by atoms with van der Waals surface area (Å²) in [4.78, 5) is 12.1. The molecule has 3 aromatic rings. The summed E-state index contributed by atoms with van der Waals surface area (Å²) in [7, 11) is 0. The molecule has 2 aromatic carbocycles. The van der Waals surface area contributed by atoms with E-state index in [0.29, 0.717) is 12.1 Å². The minimum atomic E-state index is -0.142. The molecule has 0 fully saturated rings. The molecule has 3 rings (SSSR count). The zero-order valence-electron chi connectivity index (χ0n) is 13.4. The Kier molecular flexibility index (Phi) is 4.87. The quantitative estimate of drug-likeness (QED) is 0.567. The fraction of sp³-hybridized carbons (Fsp3) is 0.100. The van der Waals surface area contributed by atoms with Gasteiger partial charge in [-0.05, 0) is 47.5 Å². The molecular formula is C20H18N2O2. The lowest BCUT2D eigenvalue weighted by Crippen LogP contribution is -2.20. The lowest BCUT2D eigenvalue weighted by Gasteiger charge is -2.05. The van der Waals surface area contributed by atoms with Gasteiger partial charge >= 0.3 is 0 Å². The highest BCUT2D eigenvalue weighted by molar-refractivity contribution is 5.97. The maximum Gasteiger partial charge on any atom is 0.244 e. The normalized spacial score (nSPS) is 12.0. The summed E-state index contributed by atoms with van der Waals surface area (Å²) in [5.74, 6) is 0.601. The van der Waals surface area contributed by atoms with Gasteiger partial charge in [-0.15, -0.1) is 0 Å². The molecular weight excluding hydrogens is 300 g/mol. The van der Waals surface area contributed by atoms with Gasteiger partial charge in [0.05, 0.1) is 18.4 Å². The van der Waals surface area contributed by atoms with E-state index in [9.17, 15) is 4.79 Å². The van der Waals surface area contributed by atoms with Gasteiger partial charge in [-0.1, -0.05) is 42.5 Å². The van der Waals surface area contributed by atoms with Crippen molar-refractivity contribution >= 4 is 28.5 Å². The molecule has 4 heteroatoms. The Balaban J connectivity index is 1.63. The molecule has 0 aliphatic carbocycles. The van der Waals surface area contributed by atoms with Crippen molar-refractivity contribution in [1.29, 1.82) is 0 Å². The molecule has 1 heterocycles. The van der Waals surface area contributed by atoms with E-state index in [0.717, 1.165) is 22.1 Å². The number of hydrogen-bond donors (Lipinski definition) is 1. The van der Waals surface area contributed by atoms with Crippen LogP contribution in [0, 0.1) is 0 Å². The summed E-state index contributed by atoms with van der Waals surface area (Å²) >= 11 is 0. The van der Waals surface area contributed by atoms with Crippen molar-refractivity contribution in [3.05, 3.63) is 78.3 Å². The Morgan fingerprint density at radius 2 is 1.96 bits per heavy atom. The van der Waals surface area contributed by atoms with Crippen LogP contribution in [0.1, 0.15) is 18.2 Å². The number of carbonyl (C=O) groups excluding carboxylic acids is 1. The van der Waals surface area contributed by atoms with E-state index in [4.69, 9.17) is 4.42 Å². The van der Waals surface area contributed by atoms with Crippen LogP contribution in [0.5, 0.6) is 0 Å². The van der Waals surface area contributed by atoms with Crippen molar-refractivity contribution in [3.63, 3.8) is 0 Å². The van der Waals surface area contributed by atoms with Gasteiger partial charge < -0.3 is 4.42 Å². The molecule has 0 radical (unpaired) electrons. The number of nitrogens with zero attached hydrogens (tertiary/aromatic N) is 1. The SMILES string of the molecule is CC(/C=C/c1ccco1)=N/NC(=O)Cc1cccc2ccccc12. The fourth-order valence-corrected chi connectivity index (χ4v) is 2.44. The van der Waals surface area contributed by atoms with E-state index in [1.807, 2.05) is 61.5 Å². The van der Waals surface area contributed by atoms with Crippen LogP contribution in [0.25, 0.3) is 16.8 Å². The van der Waals surface area contributed by atoms with Crippen LogP contribution in [-0.4, -0.2) is 11.6 Å². The second kappa shape index (κ2) is 7.42. The summed E-state index contributed by atoms with van der Waals surface area (Å²) in [5.41, 5.74) is 4.28. The minimum Gasteiger partial charge on any atom is -0.465 e. The summed E-state index contributed by atoms with van der Waals surface area (Å²) < 4.78 is 5.20. The number of furan rings is 1. The number of carbonyl (C=O) groups is 1. The summed E-state index contributed by atoms with van der Waals surface area (Å²) in [5, 5.41) is 6.31. The first kappa shape index (κ1) is 15.7. The Morgan fingerprint density at radius 1 is 1.12 bits per heavy atom. The first-order valence-electron chi connectivity index (χ1n) is 7.74. The van der Waals surface area contributed by atoms with Crippen LogP contribution < -0.4 is 5.43 Å². The summed E-state index contributed by atoms with van der Waals surface area (Å²) in [6.45, 7) is 1.82. The second-order valence-electron chi connectivity index (χ2n) is 5.45. The highest BCUT2D eigenvalue weighted by atomic mass is 16.3. The molecule has 0 saturated carbocycles. The monoisotopic (exact) mass is 318 g/mol. The zero-order chi connectivity index (χ0) is 16.8. The van der Waals surface area contributed by atoms with E-state index in [1.54, 1.807) is 18.4 Å². The molecule has 0 aliphatic heterocycles. The smallest absolute Gasteiger partial charge is 0.244 e. The topological polar surface area (TPSA) is 54.6 Å². The van der Waals surface area contributed by atoms with Crippen LogP contribution >= 0.6 is 0 Å². The van der Waals surface area contributed by atoms with Crippen molar-refractivity contribution in [3.8, 4) is 0 Å². The number of hydrogen-bond acceptors (Lipinski definition) is 3. The van der Waals surface area contributed by atoms with Gasteiger partial charge in [0.15, 0.2) is 0 Å². The number of allylic oxidation sites excluding steroid dienone is 1. The Hall–Kier alpha value is -3.14. The van der Waals surface area contributed by atoms with E-state index < -0.39 is 0 Å². The molecule has 1 aromatic heterocycles. The third kappa shape index (κ3) is 3.98. The highest BCUT2D eigenvalue weighted by Crippen LogP contribution is 2.18. The van der Waals surface area contributed by atoms with Crippen molar-refractivity contribution < 1.29 is 9.21 Å². The summed E-state index contributed by atoms with van der Waals surface area (Å²) in [6.07, 6.45) is 5.49. The molecule has 0 atom stereocenters. The largest absolute Gasteiger partial charge is 0.465 e. The number of nitrogens with one attached hydrogen (secondary N) is 1. The predicted octanol–water partition coefficient (Wildman–Crippen LogP) is 4.18. The van der Waals surface area contributed by atoms with E-state index in [2.05, 4.69) is 10.5 Å². The molecule has 1 N–H and O–H groups in total. The van der Waals surface area contributed by atoms with Gasteiger partial charge in [-0.3, -0.25) is 4.79 Å². The first-order valence-corrected chi connectivity index (χ1v) is 7.74. The van der Waals surface area contributed by atoms with Gasteiger partial charge in [0.25, 0.3) is 0 Å². The Labute approximate surface area is 140 Å². The molecule has 0 saturated heterocycles. The lowest BCUT2D eigenvalue weighted by molar-refractivity contribution is -0.120. The van der Waals surface area contributed by atoms with Gasteiger partial charge in [-0.2, -0.15) is 5.10 Å². The molecule has 120 valence electrons. The standard InChI is InChI=1S/C20H18N2O2/c1-15(11-12-18-9-5-13-24-18)21-22-20(23)14-17-8-4-7-16-6-2-3-10-19(16)17/h2-13H,14H2,1H3,(H,22,23)/b12-11+,21-15-. The van der Waals surface area contributed by atoms with Gasteiger partial charge in [0.2, 0.25) is 5.91 Å². The van der Waals surface area contributed by atoms with Crippen molar-refractivity contribution in [1.82, 2.24) is 5.43 Å². The molecule has 0 spiro atoms. The molecule has 24 heavy (non-hydrogen) atoms. The molecule has 0 bridgehead atoms. The van der Waals surface area contributed by atoms with Crippen LogP contribution in [0.15, 0.2) is 76.5 Å². The Morgan fingerprint density at radius 3 is 2.79 bits per heavy atom. The van der Waals surface area contributed by atoms with Crippen molar-refractivity contribution in [2.75, 3.05) is 0 Å². The van der Waals surface area contributed by atoms with E-state index in [-0.39, 0.29) is 5.91 Å². The average molecular weight is 318 g/mol. The number of hydrazone groups is 1. The van der Waals surface area contributed by atoms with E-state index in [1.165, 1.54) is 0 Å². The maximum atomic E-state index is 12.1. The molecule has 0 aliphatic rings. The average Bonchev–Trinajstić information content (AvgIpc) is 3.12. The first-order chi connectivity index (χ1) is 11.7. The van der Waals surface area contributed by atoms with Crippen molar-refractivity contribution in [2.24, 2.45) is 5.10 Å². The number of amides is 1. The summed E-state index contributed by atoms with van der Waals surface area (Å²) in [6, 6.07) is 17.7. The van der Waals surface area contributed by atoms with Gasteiger partial charge in [0.1, 0.15) is 5.76 Å². The van der Waals surface area contributed by atoms with Crippen LogP contribution in [-0.2, 0) is 11.2 Å². The Bertz CT molecular complexity index is 888. The molecule has 1 amide bonds. The number of rotatable bonds is 5. The number of benzene rings is 2. The number of fused-ring (bicyclic) bond motifs is 1. The zero-order valence-corrected chi connectivity index (χ0v) is 13.4. The molecule has 4 nitrogen and oxygen atoms in total.